The van der Waals surface area contributed by atoms with E-state index in [0.29, 0.717) is 12.3 Å². The summed E-state index contributed by atoms with van der Waals surface area (Å²) in [5.41, 5.74) is 0.645. The highest BCUT2D eigenvalue weighted by Gasteiger charge is 1.92. The number of nitrogens with zero attached hydrogens (tertiary/aromatic N) is 1. The predicted octanol–water partition coefficient (Wildman–Crippen LogP) is 1.11. The lowest BCUT2D eigenvalue weighted by Gasteiger charge is -2.03. The number of nitriles is 1. The first kappa shape index (κ1) is 8.57. The average molecular weight is 162 g/mol. The van der Waals surface area contributed by atoms with Gasteiger partial charge in [0.15, 0.2) is 0 Å². The van der Waals surface area contributed by atoms with Gasteiger partial charge in [-0.05, 0) is 31.3 Å². The maximum atomic E-state index is 8.50. The monoisotopic (exact) mass is 162 g/mol. The average Bonchev–Trinajstić information content (AvgIpc) is 2.15. The van der Waals surface area contributed by atoms with Crippen LogP contribution in [0.15, 0.2) is 24.3 Å². The molecule has 0 fully saturated rings. The molecule has 1 rings (SSSR count). The second-order valence-electron chi connectivity index (χ2n) is 2.28. The summed E-state index contributed by atoms with van der Waals surface area (Å²) in [6.07, 6.45) is 0. The van der Waals surface area contributed by atoms with Crippen LogP contribution in [0.25, 0.3) is 0 Å². The molecule has 0 radical (unpaired) electrons. The van der Waals surface area contributed by atoms with Crippen LogP contribution in [0.1, 0.15) is 5.56 Å². The van der Waals surface area contributed by atoms with Gasteiger partial charge in [0.05, 0.1) is 11.6 Å². The molecular formula is C9H10N2O. The highest BCUT2D eigenvalue weighted by Crippen LogP contribution is 2.10. The molecule has 1 aromatic rings. The van der Waals surface area contributed by atoms with Crippen molar-refractivity contribution in [2.75, 3.05) is 13.8 Å². The molecule has 0 aliphatic heterocycles. The van der Waals surface area contributed by atoms with E-state index < -0.39 is 0 Å². The summed E-state index contributed by atoms with van der Waals surface area (Å²) in [6, 6.07) is 9.04. The summed E-state index contributed by atoms with van der Waals surface area (Å²) in [7, 11) is 1.81. The van der Waals surface area contributed by atoms with E-state index in [2.05, 4.69) is 5.32 Å². The molecule has 0 heterocycles. The summed E-state index contributed by atoms with van der Waals surface area (Å²) in [5, 5.41) is 11.4. The van der Waals surface area contributed by atoms with Crippen molar-refractivity contribution >= 4 is 0 Å². The largest absolute Gasteiger partial charge is 0.478 e. The van der Waals surface area contributed by atoms with Crippen LogP contribution < -0.4 is 10.1 Å². The van der Waals surface area contributed by atoms with Gasteiger partial charge < -0.3 is 4.74 Å². The minimum absolute atomic E-state index is 0.478. The molecule has 0 aliphatic rings. The number of rotatable bonds is 3. The van der Waals surface area contributed by atoms with Gasteiger partial charge in [0.1, 0.15) is 12.5 Å². The zero-order valence-corrected chi connectivity index (χ0v) is 6.87. The molecule has 0 amide bonds. The van der Waals surface area contributed by atoms with E-state index in [1.54, 1.807) is 24.3 Å². The number of hydrogen-bond donors (Lipinski definition) is 1. The standard InChI is InChI=1S/C9H10N2O/c1-11-7-12-9-4-2-8(6-10)3-5-9/h2-5,11H,7H2,1H3. The molecule has 0 bridgehead atoms. The highest BCUT2D eigenvalue weighted by atomic mass is 16.5. The van der Waals surface area contributed by atoms with Gasteiger partial charge in [-0.25, -0.2) is 0 Å². The molecule has 1 N–H and O–H groups in total. The quantitative estimate of drug-likeness (QED) is 0.677. The first-order valence-corrected chi connectivity index (χ1v) is 3.64. The summed E-state index contributed by atoms with van der Waals surface area (Å²) < 4.78 is 5.23. The molecule has 0 aliphatic carbocycles. The Labute approximate surface area is 71.6 Å². The minimum Gasteiger partial charge on any atom is -0.478 e. The molecule has 0 spiro atoms. The van der Waals surface area contributed by atoms with Crippen molar-refractivity contribution in [3.05, 3.63) is 29.8 Å². The van der Waals surface area contributed by atoms with Crippen LogP contribution in [0, 0.1) is 11.3 Å². The Balaban J connectivity index is 2.60. The Bertz CT molecular complexity index is 274. The zero-order valence-electron chi connectivity index (χ0n) is 6.87. The summed E-state index contributed by atoms with van der Waals surface area (Å²) in [5.74, 6) is 0.767. The van der Waals surface area contributed by atoms with Crippen molar-refractivity contribution in [1.29, 1.82) is 5.26 Å². The number of nitrogens with one attached hydrogen (secondary N) is 1. The third-order valence-corrected chi connectivity index (χ3v) is 1.37. The Morgan fingerprint density at radius 2 is 2.08 bits per heavy atom. The Morgan fingerprint density at radius 3 is 2.58 bits per heavy atom. The SMILES string of the molecule is CNCOc1ccc(C#N)cc1. The van der Waals surface area contributed by atoms with Gasteiger partial charge in [-0.2, -0.15) is 5.26 Å². The minimum atomic E-state index is 0.478. The van der Waals surface area contributed by atoms with Crippen LogP contribution in [0.4, 0.5) is 0 Å². The van der Waals surface area contributed by atoms with Gasteiger partial charge in [0.25, 0.3) is 0 Å². The molecule has 62 valence electrons. The molecule has 0 unspecified atom stereocenters. The number of hydrogen-bond acceptors (Lipinski definition) is 3. The van der Waals surface area contributed by atoms with E-state index in [1.807, 2.05) is 13.1 Å². The molecule has 1 aromatic carbocycles. The fourth-order valence-corrected chi connectivity index (χ4v) is 0.781. The molecule has 3 nitrogen and oxygen atoms in total. The van der Waals surface area contributed by atoms with E-state index in [9.17, 15) is 0 Å². The van der Waals surface area contributed by atoms with Gasteiger partial charge >= 0.3 is 0 Å². The van der Waals surface area contributed by atoms with E-state index in [-0.39, 0.29) is 0 Å². The highest BCUT2D eigenvalue weighted by molar-refractivity contribution is 5.34. The van der Waals surface area contributed by atoms with E-state index in [4.69, 9.17) is 10.00 Å². The second kappa shape index (κ2) is 4.37. The van der Waals surface area contributed by atoms with E-state index in [1.165, 1.54) is 0 Å². The number of ether oxygens (including phenoxy) is 1. The van der Waals surface area contributed by atoms with Crippen LogP contribution in [-0.4, -0.2) is 13.8 Å². The first-order valence-electron chi connectivity index (χ1n) is 3.64. The molecule has 12 heavy (non-hydrogen) atoms. The third kappa shape index (κ3) is 2.26. The third-order valence-electron chi connectivity index (χ3n) is 1.37. The van der Waals surface area contributed by atoms with Gasteiger partial charge in [-0.15, -0.1) is 0 Å². The van der Waals surface area contributed by atoms with Crippen molar-refractivity contribution in [3.63, 3.8) is 0 Å². The van der Waals surface area contributed by atoms with Gasteiger partial charge in [0.2, 0.25) is 0 Å². The summed E-state index contributed by atoms with van der Waals surface area (Å²) in [4.78, 5) is 0. The summed E-state index contributed by atoms with van der Waals surface area (Å²) >= 11 is 0. The van der Waals surface area contributed by atoms with Crippen LogP contribution in [0.5, 0.6) is 5.75 Å². The Kier molecular flexibility index (Phi) is 3.12. The van der Waals surface area contributed by atoms with Crippen molar-refractivity contribution in [2.45, 2.75) is 0 Å². The molecule has 0 aromatic heterocycles. The topological polar surface area (TPSA) is 45.0 Å². The number of benzene rings is 1. The lowest BCUT2D eigenvalue weighted by atomic mass is 10.2. The van der Waals surface area contributed by atoms with Crippen molar-refractivity contribution in [1.82, 2.24) is 5.32 Å². The molecule has 0 saturated heterocycles. The Hall–Kier alpha value is -1.53. The molecule has 3 heteroatoms. The first-order chi connectivity index (χ1) is 5.86. The molecule has 0 atom stereocenters. The van der Waals surface area contributed by atoms with Crippen LogP contribution in [-0.2, 0) is 0 Å². The van der Waals surface area contributed by atoms with E-state index >= 15 is 0 Å². The molecule has 0 saturated carbocycles. The smallest absolute Gasteiger partial charge is 0.139 e. The second-order valence-corrected chi connectivity index (χ2v) is 2.28. The van der Waals surface area contributed by atoms with Gasteiger partial charge in [-0.3, -0.25) is 5.32 Å². The lowest BCUT2D eigenvalue weighted by molar-refractivity contribution is 0.296. The predicted molar refractivity (Wildman–Crippen MR) is 45.7 cm³/mol. The van der Waals surface area contributed by atoms with Gasteiger partial charge in [-0.1, -0.05) is 0 Å². The maximum Gasteiger partial charge on any atom is 0.139 e. The van der Waals surface area contributed by atoms with Gasteiger partial charge in [0, 0.05) is 0 Å². The maximum absolute atomic E-state index is 8.50. The van der Waals surface area contributed by atoms with Crippen molar-refractivity contribution < 1.29 is 4.74 Å². The fraction of sp³-hybridized carbons (Fsp3) is 0.222. The van der Waals surface area contributed by atoms with Crippen molar-refractivity contribution in [2.24, 2.45) is 0 Å². The summed E-state index contributed by atoms with van der Waals surface area (Å²) in [6.45, 7) is 0.478. The fourth-order valence-electron chi connectivity index (χ4n) is 0.781. The lowest BCUT2D eigenvalue weighted by Crippen LogP contribution is -2.13. The van der Waals surface area contributed by atoms with Crippen molar-refractivity contribution in [3.8, 4) is 11.8 Å². The van der Waals surface area contributed by atoms with Crippen LogP contribution in [0.2, 0.25) is 0 Å². The zero-order chi connectivity index (χ0) is 8.81. The normalized spacial score (nSPS) is 9.00. The Morgan fingerprint density at radius 1 is 1.42 bits per heavy atom. The molecular weight excluding hydrogens is 152 g/mol. The van der Waals surface area contributed by atoms with E-state index in [0.717, 1.165) is 5.75 Å². The van der Waals surface area contributed by atoms with Crippen LogP contribution in [0.3, 0.4) is 0 Å². The van der Waals surface area contributed by atoms with Crippen LogP contribution >= 0.6 is 0 Å².